The first-order chi connectivity index (χ1) is 35.2. The molecule has 74 heavy (non-hydrogen) atoms. The van der Waals surface area contributed by atoms with Crippen molar-refractivity contribution in [2.75, 3.05) is 45.8 Å². The SMILES string of the molecule is CC(=O)N1CCc2[nH]c3c(Cl)c(C)cc(-c4ccn(CCNC(=O)CCC[N-]CCCNCc5ccc(-c6c7ncn(CC8(C)CCN(C(=O)CC(C)c9ccccc9)CC8)c(=O)c7nn6C)cc5)n4)c3c2C1.[K+]. The van der Waals surface area contributed by atoms with Crippen LogP contribution in [0.25, 0.3) is 49.8 Å². The number of carbonyl (C=O) groups is 3. The molecule has 3 amide bonds. The Balaban J connectivity index is 0.00000729. The van der Waals surface area contributed by atoms with Crippen LogP contribution in [0.2, 0.25) is 5.02 Å². The molecule has 1 unspecified atom stereocenters. The third kappa shape index (κ3) is 12.8. The van der Waals surface area contributed by atoms with E-state index in [9.17, 15) is 19.2 Å². The number of aromatic nitrogens is 7. The molecule has 7 aromatic rings. The monoisotopic (exact) mass is 1050 g/mol. The van der Waals surface area contributed by atoms with Crippen molar-refractivity contribution in [3.8, 4) is 22.5 Å². The largest absolute Gasteiger partial charge is 1.00 e. The number of hydrogen-bond acceptors (Lipinski definition) is 8. The van der Waals surface area contributed by atoms with Crippen LogP contribution in [-0.2, 0) is 54.0 Å². The number of aryl methyl sites for hydroxylation is 2. The minimum Gasteiger partial charge on any atom is -0.662 e. The van der Waals surface area contributed by atoms with Gasteiger partial charge in [0.2, 0.25) is 17.7 Å². The molecule has 0 aliphatic carbocycles. The number of piperidine rings is 1. The number of H-pyrrole nitrogens is 1. The number of fused-ring (bicyclic) bond motifs is 4. The van der Waals surface area contributed by atoms with Gasteiger partial charge in [-0.05, 0) is 66.5 Å². The molecule has 2 aliphatic rings. The molecule has 0 saturated carbocycles. The summed E-state index contributed by atoms with van der Waals surface area (Å²) in [6.07, 6.45) is 8.47. The van der Waals surface area contributed by atoms with E-state index in [1.54, 1.807) is 22.5 Å². The number of carbonyl (C=O) groups excluding carboxylic acids is 3. The quantitative estimate of drug-likeness (QED) is 0.0681. The molecule has 1 fully saturated rings. The molecular weight excluding hydrogens is 979 g/mol. The Morgan fingerprint density at radius 3 is 2.46 bits per heavy atom. The van der Waals surface area contributed by atoms with Crippen LogP contribution < -0.4 is 67.6 Å². The number of benzene rings is 3. The van der Waals surface area contributed by atoms with Gasteiger partial charge in [0.05, 0.1) is 34.8 Å². The Kier molecular flexibility index (Phi) is 18.5. The Hall–Kier alpha value is -4.98. The van der Waals surface area contributed by atoms with E-state index in [0.717, 1.165) is 94.6 Å². The average molecular weight is 1050 g/mol. The number of amides is 3. The molecule has 9 rings (SSSR count). The van der Waals surface area contributed by atoms with Gasteiger partial charge in [0, 0.05) is 113 Å². The second-order valence-electron chi connectivity index (χ2n) is 20.4. The first-order valence-corrected chi connectivity index (χ1v) is 26.2. The Morgan fingerprint density at radius 2 is 1.70 bits per heavy atom. The summed E-state index contributed by atoms with van der Waals surface area (Å²) in [6, 6.07) is 22.5. The van der Waals surface area contributed by atoms with Crippen molar-refractivity contribution in [2.24, 2.45) is 12.5 Å². The van der Waals surface area contributed by atoms with Crippen LogP contribution in [0.15, 0.2) is 84.0 Å². The predicted molar refractivity (Wildman–Crippen MR) is 287 cm³/mol. The zero-order chi connectivity index (χ0) is 51.2. The van der Waals surface area contributed by atoms with Crippen LogP contribution >= 0.6 is 11.6 Å². The van der Waals surface area contributed by atoms with Gasteiger partial charge in [-0.2, -0.15) is 10.2 Å². The average Bonchev–Trinajstić information content (AvgIpc) is 4.12. The van der Waals surface area contributed by atoms with Crippen molar-refractivity contribution in [3.63, 3.8) is 0 Å². The molecule has 16 nitrogen and oxygen atoms in total. The first-order valence-electron chi connectivity index (χ1n) is 25.8. The van der Waals surface area contributed by atoms with Gasteiger partial charge >= 0.3 is 51.4 Å². The van der Waals surface area contributed by atoms with E-state index in [0.29, 0.717) is 94.2 Å². The number of nitrogens with one attached hydrogen (secondary N) is 3. The van der Waals surface area contributed by atoms with E-state index < -0.39 is 0 Å². The van der Waals surface area contributed by atoms with Crippen molar-refractivity contribution in [1.82, 2.24) is 54.5 Å². The Morgan fingerprint density at radius 1 is 0.946 bits per heavy atom. The summed E-state index contributed by atoms with van der Waals surface area (Å²) in [7, 11) is 1.85. The van der Waals surface area contributed by atoms with Gasteiger partial charge in [-0.15, -0.1) is 13.1 Å². The number of likely N-dealkylation sites (tertiary alicyclic amines) is 1. The van der Waals surface area contributed by atoms with Crippen molar-refractivity contribution in [2.45, 2.75) is 105 Å². The molecule has 0 bridgehead atoms. The minimum absolute atomic E-state index is 0. The summed E-state index contributed by atoms with van der Waals surface area (Å²) in [5, 5.41) is 22.4. The standard InChI is InChI=1S/C56H68ClN12O4.K/c1-37(41-11-7-6-8-12-41)32-48(72)66-28-20-56(4,21-29-66)35-68-36-61-52-53(55(68)73)64-65(5)54(52)42-16-14-40(15-17-42)33-59-24-10-23-58-22-9-13-47(71)60-25-30-69-27-19-46(63-69)43-31-38(2)50(57)51-49(43)44-34-67(39(3)70)26-18-45(44)62-51;/h6-8,11-12,14-17,19,27,31,36-37,59,62H,9-10,13,18,20-26,28-30,32-35H2,1-5H3,(H,60,71);/q-1;+1. The van der Waals surface area contributed by atoms with Crippen molar-refractivity contribution in [1.29, 1.82) is 0 Å². The topological polar surface area (TPSA) is 182 Å². The Labute approximate surface area is 480 Å². The molecule has 0 radical (unpaired) electrons. The van der Waals surface area contributed by atoms with Gasteiger partial charge in [-0.1, -0.05) is 92.9 Å². The van der Waals surface area contributed by atoms with Gasteiger partial charge in [-0.25, -0.2) is 4.98 Å². The fourth-order valence-corrected chi connectivity index (χ4v) is 10.7. The first kappa shape index (κ1) is 55.3. The molecule has 4 aromatic heterocycles. The molecule has 2 aliphatic heterocycles. The molecule has 18 heteroatoms. The van der Waals surface area contributed by atoms with Crippen LogP contribution in [0.1, 0.15) is 93.2 Å². The molecule has 1 saturated heterocycles. The second-order valence-corrected chi connectivity index (χ2v) is 20.8. The van der Waals surface area contributed by atoms with Crippen molar-refractivity contribution < 1.29 is 65.8 Å². The number of hydrogen-bond donors (Lipinski definition) is 3. The van der Waals surface area contributed by atoms with Crippen LogP contribution in [0.5, 0.6) is 0 Å². The third-order valence-electron chi connectivity index (χ3n) is 14.9. The summed E-state index contributed by atoms with van der Waals surface area (Å²) >= 11 is 6.78. The normalized spacial score (nSPS) is 14.8. The molecule has 1 atom stereocenters. The fourth-order valence-electron chi connectivity index (χ4n) is 10.5. The summed E-state index contributed by atoms with van der Waals surface area (Å²) in [5.41, 5.74) is 10.6. The van der Waals surface area contributed by atoms with E-state index in [-0.39, 0.29) is 86.0 Å². The summed E-state index contributed by atoms with van der Waals surface area (Å²) in [6.45, 7) is 14.9. The van der Waals surface area contributed by atoms with Gasteiger partial charge in [0.15, 0.2) is 5.52 Å². The van der Waals surface area contributed by atoms with Gasteiger partial charge < -0.3 is 30.7 Å². The maximum absolute atomic E-state index is 13.8. The summed E-state index contributed by atoms with van der Waals surface area (Å²) in [4.78, 5) is 64.0. The predicted octanol–water partition coefficient (Wildman–Crippen LogP) is 5.28. The van der Waals surface area contributed by atoms with E-state index in [2.05, 4.69) is 82.3 Å². The van der Waals surface area contributed by atoms with Crippen LogP contribution in [-0.4, -0.2) is 107 Å². The maximum atomic E-state index is 13.8. The summed E-state index contributed by atoms with van der Waals surface area (Å²) in [5.74, 6) is 0.412. The minimum atomic E-state index is -0.150. The number of aromatic amines is 1. The second kappa shape index (κ2) is 24.8. The van der Waals surface area contributed by atoms with Crippen LogP contribution in [0.4, 0.5) is 0 Å². The molecule has 6 heterocycles. The molecule has 384 valence electrons. The van der Waals surface area contributed by atoms with Gasteiger partial charge in [-0.3, -0.25) is 33.1 Å². The van der Waals surface area contributed by atoms with Crippen molar-refractivity contribution in [3.05, 3.63) is 128 Å². The van der Waals surface area contributed by atoms with Crippen LogP contribution in [0.3, 0.4) is 0 Å². The maximum Gasteiger partial charge on any atom is 1.00 e. The Bertz CT molecular complexity index is 3160. The van der Waals surface area contributed by atoms with E-state index in [1.165, 1.54) is 5.56 Å². The fraction of sp³-hybridized carbons (Fsp3) is 0.446. The zero-order valence-corrected chi connectivity index (χ0v) is 47.7. The van der Waals surface area contributed by atoms with Crippen LogP contribution in [0, 0.1) is 12.3 Å². The van der Waals surface area contributed by atoms with Gasteiger partial charge in [0.1, 0.15) is 5.52 Å². The zero-order valence-electron chi connectivity index (χ0n) is 43.8. The molecular formula is C56H68ClKN12O4. The van der Waals surface area contributed by atoms with Gasteiger partial charge in [0.25, 0.3) is 5.56 Å². The molecule has 0 spiro atoms. The third-order valence-corrected chi connectivity index (χ3v) is 15.4. The van der Waals surface area contributed by atoms with E-state index >= 15 is 0 Å². The van der Waals surface area contributed by atoms with E-state index in [1.807, 2.05) is 58.9 Å². The number of rotatable bonds is 20. The van der Waals surface area contributed by atoms with Crippen molar-refractivity contribution >= 4 is 51.3 Å². The molecule has 3 aromatic carbocycles. The number of halogens is 1. The molecule has 3 N–H and O–H groups in total. The number of nitrogens with zero attached hydrogens (tertiary/aromatic N) is 9. The summed E-state index contributed by atoms with van der Waals surface area (Å²) < 4.78 is 5.29. The smallest absolute Gasteiger partial charge is 0.662 e. The van der Waals surface area contributed by atoms with E-state index in [4.69, 9.17) is 21.7 Å².